The van der Waals surface area contributed by atoms with E-state index in [0.717, 1.165) is 30.6 Å². The predicted molar refractivity (Wildman–Crippen MR) is 89.1 cm³/mol. The van der Waals surface area contributed by atoms with Crippen LogP contribution in [0.25, 0.3) is 5.69 Å². The average molecular weight is 285 g/mol. The number of hydrogen-bond donors (Lipinski definition) is 1. The van der Waals surface area contributed by atoms with Crippen molar-refractivity contribution in [1.29, 1.82) is 0 Å². The van der Waals surface area contributed by atoms with Gasteiger partial charge in [-0.1, -0.05) is 19.9 Å². The molecule has 2 aromatic rings. The molecule has 0 aliphatic heterocycles. The lowest BCUT2D eigenvalue weighted by Crippen LogP contribution is -2.21. The molecule has 0 saturated heterocycles. The van der Waals surface area contributed by atoms with Gasteiger partial charge in [-0.3, -0.25) is 0 Å². The monoisotopic (exact) mass is 285 g/mol. The third-order valence-electron chi connectivity index (χ3n) is 4.37. The molecule has 1 heterocycles. The Labute approximate surface area is 128 Å². The first-order valence-electron chi connectivity index (χ1n) is 7.88. The number of benzene rings is 1. The molecule has 114 valence electrons. The van der Waals surface area contributed by atoms with E-state index >= 15 is 0 Å². The van der Waals surface area contributed by atoms with Crippen molar-refractivity contribution in [2.24, 2.45) is 5.73 Å². The summed E-state index contributed by atoms with van der Waals surface area (Å²) < 4.78 is 2.06. The molecule has 3 heteroatoms. The van der Waals surface area contributed by atoms with Gasteiger partial charge >= 0.3 is 0 Å². The summed E-state index contributed by atoms with van der Waals surface area (Å²) in [5, 5.41) is 4.69. The normalized spacial score (nSPS) is 12.7. The zero-order valence-electron chi connectivity index (χ0n) is 13.9. The third kappa shape index (κ3) is 3.18. The first kappa shape index (κ1) is 15.8. The van der Waals surface area contributed by atoms with Gasteiger partial charge in [0, 0.05) is 11.7 Å². The molecule has 2 rings (SSSR count). The van der Waals surface area contributed by atoms with Gasteiger partial charge in [0.1, 0.15) is 0 Å². The quantitative estimate of drug-likeness (QED) is 0.911. The van der Waals surface area contributed by atoms with Crippen molar-refractivity contribution < 1.29 is 0 Å². The van der Waals surface area contributed by atoms with Gasteiger partial charge in [-0.2, -0.15) is 5.10 Å². The minimum absolute atomic E-state index is 0.245. The van der Waals surface area contributed by atoms with Crippen LogP contribution in [0.3, 0.4) is 0 Å². The lowest BCUT2D eigenvalue weighted by atomic mass is 9.99. The largest absolute Gasteiger partial charge is 0.327 e. The average Bonchev–Trinajstić information content (AvgIpc) is 2.75. The third-order valence-corrected chi connectivity index (χ3v) is 4.37. The molecule has 0 aliphatic rings. The Bertz CT molecular complexity index is 626. The van der Waals surface area contributed by atoms with Crippen LogP contribution in [0.4, 0.5) is 0 Å². The van der Waals surface area contributed by atoms with Gasteiger partial charge in [-0.25, -0.2) is 4.68 Å². The van der Waals surface area contributed by atoms with Gasteiger partial charge in [0.15, 0.2) is 0 Å². The van der Waals surface area contributed by atoms with Crippen molar-refractivity contribution in [2.45, 2.75) is 59.9 Å². The lowest BCUT2D eigenvalue weighted by molar-refractivity contribution is 0.644. The van der Waals surface area contributed by atoms with Crippen molar-refractivity contribution in [3.05, 3.63) is 46.3 Å². The van der Waals surface area contributed by atoms with E-state index in [1.54, 1.807) is 0 Å². The van der Waals surface area contributed by atoms with Gasteiger partial charge in [-0.05, 0) is 68.9 Å². The Morgan fingerprint density at radius 1 is 1.19 bits per heavy atom. The predicted octanol–water partition coefficient (Wildman–Crippen LogP) is 3.64. The molecule has 1 unspecified atom stereocenters. The minimum atomic E-state index is 0.245. The van der Waals surface area contributed by atoms with E-state index in [0.29, 0.717) is 0 Å². The summed E-state index contributed by atoms with van der Waals surface area (Å²) >= 11 is 0. The number of aromatic nitrogens is 2. The van der Waals surface area contributed by atoms with E-state index in [-0.39, 0.29) is 6.04 Å². The van der Waals surface area contributed by atoms with E-state index in [1.807, 2.05) is 0 Å². The van der Waals surface area contributed by atoms with Gasteiger partial charge < -0.3 is 5.73 Å². The molecule has 0 fully saturated rings. The molecule has 0 radical (unpaired) electrons. The molecule has 2 N–H and O–H groups in total. The maximum absolute atomic E-state index is 6.07. The first-order chi connectivity index (χ1) is 9.97. The van der Waals surface area contributed by atoms with Crippen LogP contribution in [0.5, 0.6) is 0 Å². The Hall–Kier alpha value is -1.61. The highest BCUT2D eigenvalue weighted by Gasteiger charge is 2.12. The van der Waals surface area contributed by atoms with Crippen LogP contribution in [-0.2, 0) is 12.8 Å². The molecular formula is C18H27N3. The second-order valence-corrected chi connectivity index (χ2v) is 5.90. The summed E-state index contributed by atoms with van der Waals surface area (Å²) in [7, 11) is 0. The van der Waals surface area contributed by atoms with E-state index in [9.17, 15) is 0 Å². The highest BCUT2D eigenvalue weighted by molar-refractivity contribution is 5.42. The number of nitrogens with zero attached hydrogens (tertiary/aromatic N) is 2. The summed E-state index contributed by atoms with van der Waals surface area (Å²) in [5.41, 5.74) is 13.6. The maximum Gasteiger partial charge on any atom is 0.0651 e. The number of hydrogen-bond acceptors (Lipinski definition) is 2. The Balaban J connectivity index is 2.36. The molecule has 0 bridgehead atoms. The highest BCUT2D eigenvalue weighted by Crippen LogP contribution is 2.21. The molecule has 3 nitrogen and oxygen atoms in total. The molecule has 0 spiro atoms. The van der Waals surface area contributed by atoms with Crippen molar-refractivity contribution >= 4 is 0 Å². The molecule has 0 saturated carbocycles. The molecular weight excluding hydrogens is 258 g/mol. The fraction of sp³-hybridized carbons (Fsp3) is 0.500. The van der Waals surface area contributed by atoms with Crippen molar-refractivity contribution in [3.8, 4) is 5.69 Å². The van der Waals surface area contributed by atoms with Crippen LogP contribution in [0.1, 0.15) is 48.3 Å². The fourth-order valence-corrected chi connectivity index (χ4v) is 2.91. The van der Waals surface area contributed by atoms with Gasteiger partial charge in [0.05, 0.1) is 11.4 Å². The topological polar surface area (TPSA) is 43.8 Å². The lowest BCUT2D eigenvalue weighted by Gasteiger charge is -2.13. The molecule has 1 aromatic carbocycles. The Kier molecular flexibility index (Phi) is 4.84. The smallest absolute Gasteiger partial charge is 0.0651 e. The van der Waals surface area contributed by atoms with Gasteiger partial charge in [0.25, 0.3) is 0 Å². The maximum atomic E-state index is 6.07. The molecule has 0 amide bonds. The van der Waals surface area contributed by atoms with Crippen LogP contribution < -0.4 is 5.73 Å². The zero-order chi connectivity index (χ0) is 15.6. The molecule has 1 atom stereocenters. The van der Waals surface area contributed by atoms with Crippen LogP contribution >= 0.6 is 0 Å². The second-order valence-electron chi connectivity index (χ2n) is 5.90. The Morgan fingerprint density at radius 3 is 2.43 bits per heavy atom. The summed E-state index contributed by atoms with van der Waals surface area (Å²) in [6, 6.07) is 6.82. The van der Waals surface area contributed by atoms with Crippen molar-refractivity contribution in [2.75, 3.05) is 0 Å². The number of rotatable bonds is 5. The van der Waals surface area contributed by atoms with Crippen LogP contribution in [0.15, 0.2) is 18.2 Å². The van der Waals surface area contributed by atoms with Gasteiger partial charge in [0.2, 0.25) is 0 Å². The summed E-state index contributed by atoms with van der Waals surface area (Å²) in [6.07, 6.45) is 2.98. The Morgan fingerprint density at radius 2 is 1.90 bits per heavy atom. The van der Waals surface area contributed by atoms with Crippen LogP contribution in [0, 0.1) is 20.8 Å². The van der Waals surface area contributed by atoms with Crippen LogP contribution in [0.2, 0.25) is 0 Å². The van der Waals surface area contributed by atoms with Crippen molar-refractivity contribution in [3.63, 3.8) is 0 Å². The molecule has 0 aliphatic carbocycles. The summed E-state index contributed by atoms with van der Waals surface area (Å²) in [5.74, 6) is 0. The van der Waals surface area contributed by atoms with E-state index in [4.69, 9.17) is 10.8 Å². The van der Waals surface area contributed by atoms with Crippen LogP contribution in [-0.4, -0.2) is 15.8 Å². The highest BCUT2D eigenvalue weighted by atomic mass is 15.3. The number of aryl methyl sites for hydroxylation is 2. The zero-order valence-corrected chi connectivity index (χ0v) is 13.9. The fourth-order valence-electron chi connectivity index (χ4n) is 2.91. The summed E-state index contributed by atoms with van der Waals surface area (Å²) in [4.78, 5) is 0. The van der Waals surface area contributed by atoms with E-state index in [1.165, 1.54) is 22.4 Å². The van der Waals surface area contributed by atoms with Gasteiger partial charge in [-0.15, -0.1) is 0 Å². The first-order valence-corrected chi connectivity index (χ1v) is 7.88. The van der Waals surface area contributed by atoms with E-state index in [2.05, 4.69) is 57.5 Å². The second kappa shape index (κ2) is 6.44. The van der Waals surface area contributed by atoms with Crippen molar-refractivity contribution in [1.82, 2.24) is 9.78 Å². The summed E-state index contributed by atoms with van der Waals surface area (Å²) in [6.45, 7) is 10.7. The molecule has 21 heavy (non-hydrogen) atoms. The number of nitrogens with two attached hydrogens (primary N) is 1. The standard InChI is InChI=1S/C18H27N3/c1-6-16(19)11-15-8-9-17(10-12(15)3)21-14(5)18(7-2)13(4)20-21/h8-10,16H,6-7,11,19H2,1-5H3. The molecule has 1 aromatic heterocycles. The minimum Gasteiger partial charge on any atom is -0.327 e. The SMILES string of the molecule is CCc1c(C)nn(-c2ccc(CC(N)CC)c(C)c2)c1C. The van der Waals surface area contributed by atoms with E-state index < -0.39 is 0 Å².